The van der Waals surface area contributed by atoms with Crippen LogP contribution >= 0.6 is 0 Å². The molecule has 0 aromatic heterocycles. The molecule has 0 radical (unpaired) electrons. The van der Waals surface area contributed by atoms with Crippen molar-refractivity contribution >= 4 is 16.5 Å². The SMILES string of the molecule is NCC(c1cccc2ccccc12)N1CCc2ccccc21. The van der Waals surface area contributed by atoms with Crippen molar-refractivity contribution in [2.24, 2.45) is 5.73 Å². The normalized spacial score (nSPS) is 15.0. The number of hydrogen-bond acceptors (Lipinski definition) is 2. The number of nitrogens with zero attached hydrogens (tertiary/aromatic N) is 1. The zero-order chi connectivity index (χ0) is 14.9. The Labute approximate surface area is 131 Å². The van der Waals surface area contributed by atoms with Crippen molar-refractivity contribution in [1.29, 1.82) is 0 Å². The van der Waals surface area contributed by atoms with Gasteiger partial charge in [-0.05, 0) is 34.4 Å². The first-order valence-electron chi connectivity index (χ1n) is 7.91. The lowest BCUT2D eigenvalue weighted by Crippen LogP contribution is -2.32. The van der Waals surface area contributed by atoms with E-state index in [-0.39, 0.29) is 6.04 Å². The molecule has 1 aliphatic rings. The first-order chi connectivity index (χ1) is 10.9. The Bertz CT molecular complexity index is 804. The van der Waals surface area contributed by atoms with Crippen LogP contribution in [-0.4, -0.2) is 13.1 Å². The van der Waals surface area contributed by atoms with Gasteiger partial charge in [-0.2, -0.15) is 0 Å². The van der Waals surface area contributed by atoms with Crippen molar-refractivity contribution in [1.82, 2.24) is 0 Å². The van der Waals surface area contributed by atoms with Crippen molar-refractivity contribution in [2.75, 3.05) is 18.0 Å². The molecular formula is C20H20N2. The van der Waals surface area contributed by atoms with Crippen molar-refractivity contribution in [3.63, 3.8) is 0 Å². The summed E-state index contributed by atoms with van der Waals surface area (Å²) in [6.45, 7) is 1.67. The van der Waals surface area contributed by atoms with E-state index in [1.165, 1.54) is 27.6 Å². The Morgan fingerprint density at radius 3 is 2.59 bits per heavy atom. The molecule has 1 heterocycles. The summed E-state index contributed by atoms with van der Waals surface area (Å²) in [6, 6.07) is 24.0. The molecule has 2 N–H and O–H groups in total. The van der Waals surface area contributed by atoms with E-state index in [4.69, 9.17) is 5.73 Å². The molecule has 0 spiro atoms. The first kappa shape index (κ1) is 13.4. The maximum atomic E-state index is 6.19. The lowest BCUT2D eigenvalue weighted by molar-refractivity contribution is 0.653. The van der Waals surface area contributed by atoms with Crippen LogP contribution in [0.25, 0.3) is 10.8 Å². The molecule has 1 atom stereocenters. The minimum Gasteiger partial charge on any atom is -0.363 e. The second-order valence-electron chi connectivity index (χ2n) is 5.89. The fourth-order valence-corrected chi connectivity index (χ4v) is 3.65. The van der Waals surface area contributed by atoms with Crippen molar-refractivity contribution < 1.29 is 0 Å². The van der Waals surface area contributed by atoms with E-state index >= 15 is 0 Å². The average molecular weight is 288 g/mol. The van der Waals surface area contributed by atoms with Gasteiger partial charge >= 0.3 is 0 Å². The number of benzene rings is 3. The summed E-state index contributed by atoms with van der Waals surface area (Å²) in [5, 5.41) is 2.59. The van der Waals surface area contributed by atoms with Crippen molar-refractivity contribution in [2.45, 2.75) is 12.5 Å². The van der Waals surface area contributed by atoms with Gasteiger partial charge in [-0.25, -0.2) is 0 Å². The van der Waals surface area contributed by atoms with Gasteiger partial charge in [0.25, 0.3) is 0 Å². The fraction of sp³-hybridized carbons (Fsp3) is 0.200. The number of fused-ring (bicyclic) bond motifs is 2. The smallest absolute Gasteiger partial charge is 0.0671 e. The highest BCUT2D eigenvalue weighted by Crippen LogP contribution is 2.36. The molecule has 110 valence electrons. The zero-order valence-corrected chi connectivity index (χ0v) is 12.6. The third-order valence-electron chi connectivity index (χ3n) is 4.70. The summed E-state index contributed by atoms with van der Waals surface area (Å²) in [4.78, 5) is 2.47. The van der Waals surface area contributed by atoms with Crippen molar-refractivity contribution in [3.05, 3.63) is 77.9 Å². The van der Waals surface area contributed by atoms with E-state index < -0.39 is 0 Å². The lowest BCUT2D eigenvalue weighted by Gasteiger charge is -2.30. The largest absolute Gasteiger partial charge is 0.363 e. The minimum absolute atomic E-state index is 0.231. The van der Waals surface area contributed by atoms with Gasteiger partial charge in [0, 0.05) is 18.8 Å². The van der Waals surface area contributed by atoms with Crippen LogP contribution in [0.4, 0.5) is 5.69 Å². The maximum absolute atomic E-state index is 6.19. The van der Waals surface area contributed by atoms with E-state index in [9.17, 15) is 0 Å². The van der Waals surface area contributed by atoms with E-state index in [0.717, 1.165) is 13.0 Å². The Balaban J connectivity index is 1.83. The van der Waals surface area contributed by atoms with Crippen LogP contribution in [0.5, 0.6) is 0 Å². The Hall–Kier alpha value is -2.32. The van der Waals surface area contributed by atoms with Gasteiger partial charge in [0.15, 0.2) is 0 Å². The summed E-state index contributed by atoms with van der Waals surface area (Å²) in [5.41, 5.74) is 10.3. The van der Waals surface area contributed by atoms with Gasteiger partial charge in [-0.1, -0.05) is 60.7 Å². The van der Waals surface area contributed by atoms with Crippen molar-refractivity contribution in [3.8, 4) is 0 Å². The number of para-hydroxylation sites is 1. The summed E-state index contributed by atoms with van der Waals surface area (Å²) >= 11 is 0. The highest BCUT2D eigenvalue weighted by Gasteiger charge is 2.26. The molecule has 22 heavy (non-hydrogen) atoms. The van der Waals surface area contributed by atoms with Crippen LogP contribution in [0, 0.1) is 0 Å². The highest BCUT2D eigenvalue weighted by molar-refractivity contribution is 5.86. The third-order valence-corrected chi connectivity index (χ3v) is 4.70. The van der Waals surface area contributed by atoms with Gasteiger partial charge in [0.05, 0.1) is 6.04 Å². The molecule has 0 fully saturated rings. The molecule has 0 saturated heterocycles. The molecular weight excluding hydrogens is 268 g/mol. The average Bonchev–Trinajstić information content (AvgIpc) is 3.00. The number of rotatable bonds is 3. The van der Waals surface area contributed by atoms with E-state index in [1.54, 1.807) is 0 Å². The molecule has 4 rings (SSSR count). The van der Waals surface area contributed by atoms with Crippen LogP contribution in [0.15, 0.2) is 66.7 Å². The predicted molar refractivity (Wildman–Crippen MR) is 93.2 cm³/mol. The Morgan fingerprint density at radius 1 is 0.909 bits per heavy atom. The summed E-state index contributed by atoms with van der Waals surface area (Å²) in [7, 11) is 0. The molecule has 1 unspecified atom stereocenters. The second kappa shape index (κ2) is 5.47. The monoisotopic (exact) mass is 288 g/mol. The Kier molecular flexibility index (Phi) is 3.32. The third kappa shape index (κ3) is 2.08. The summed E-state index contributed by atoms with van der Waals surface area (Å²) in [6.07, 6.45) is 1.11. The van der Waals surface area contributed by atoms with Crippen LogP contribution in [0.2, 0.25) is 0 Å². The molecule has 1 aliphatic heterocycles. The molecule has 3 aromatic rings. The zero-order valence-electron chi connectivity index (χ0n) is 12.6. The van der Waals surface area contributed by atoms with Crippen LogP contribution < -0.4 is 10.6 Å². The first-order valence-corrected chi connectivity index (χ1v) is 7.91. The van der Waals surface area contributed by atoms with Crippen LogP contribution in [0.3, 0.4) is 0 Å². The summed E-state index contributed by atoms with van der Waals surface area (Å²) < 4.78 is 0. The van der Waals surface area contributed by atoms with Gasteiger partial charge in [0.1, 0.15) is 0 Å². The predicted octanol–water partition coefficient (Wildman–Crippen LogP) is 3.90. The molecule has 0 amide bonds. The topological polar surface area (TPSA) is 29.3 Å². The standard InChI is InChI=1S/C20H20N2/c21-14-20(22-13-12-16-7-2-4-11-19(16)22)18-10-5-8-15-6-1-3-9-17(15)18/h1-11,20H,12-14,21H2. The highest BCUT2D eigenvalue weighted by atomic mass is 15.2. The molecule has 2 nitrogen and oxygen atoms in total. The fourth-order valence-electron chi connectivity index (χ4n) is 3.65. The van der Waals surface area contributed by atoms with Crippen LogP contribution in [-0.2, 0) is 6.42 Å². The number of nitrogens with two attached hydrogens (primary N) is 1. The van der Waals surface area contributed by atoms with E-state index in [0.29, 0.717) is 6.54 Å². The van der Waals surface area contributed by atoms with E-state index in [2.05, 4.69) is 71.6 Å². The van der Waals surface area contributed by atoms with Crippen LogP contribution in [0.1, 0.15) is 17.2 Å². The maximum Gasteiger partial charge on any atom is 0.0671 e. The molecule has 0 bridgehead atoms. The molecule has 0 aliphatic carbocycles. The van der Waals surface area contributed by atoms with E-state index in [1.807, 2.05) is 0 Å². The number of hydrogen-bond donors (Lipinski definition) is 1. The lowest BCUT2D eigenvalue weighted by atomic mass is 9.97. The summed E-state index contributed by atoms with van der Waals surface area (Å²) in [5.74, 6) is 0. The van der Waals surface area contributed by atoms with Gasteiger partial charge in [-0.3, -0.25) is 0 Å². The number of anilines is 1. The molecule has 0 saturated carbocycles. The Morgan fingerprint density at radius 2 is 1.68 bits per heavy atom. The van der Waals surface area contributed by atoms with Gasteiger partial charge in [0.2, 0.25) is 0 Å². The van der Waals surface area contributed by atoms with Gasteiger partial charge < -0.3 is 10.6 Å². The molecule has 2 heteroatoms. The second-order valence-corrected chi connectivity index (χ2v) is 5.89. The minimum atomic E-state index is 0.231. The van der Waals surface area contributed by atoms with Gasteiger partial charge in [-0.15, -0.1) is 0 Å². The molecule has 3 aromatic carbocycles. The quantitative estimate of drug-likeness (QED) is 0.792.